The molecule has 0 fully saturated rings. The van der Waals surface area contributed by atoms with Crippen molar-refractivity contribution in [2.45, 2.75) is 12.8 Å². The van der Waals surface area contributed by atoms with Crippen LogP contribution in [0.1, 0.15) is 20.8 Å². The molecule has 0 saturated carbocycles. The number of methoxy groups -OCH3 is 2. The number of thiazole rings is 1. The van der Waals surface area contributed by atoms with E-state index < -0.39 is 0 Å². The lowest BCUT2D eigenvalue weighted by Crippen LogP contribution is -2.13. The van der Waals surface area contributed by atoms with Crippen molar-refractivity contribution in [3.63, 3.8) is 0 Å². The molecule has 4 rings (SSSR count). The number of carbonyl (C=O) groups is 1. The molecule has 0 atom stereocenters. The number of rotatable bonds is 4. The Morgan fingerprint density at radius 3 is 2.77 bits per heavy atom. The molecule has 1 aliphatic carbocycles. The fraction of sp³-hybridized carbons (Fsp3) is 0.200. The van der Waals surface area contributed by atoms with Gasteiger partial charge in [0, 0.05) is 10.4 Å². The van der Waals surface area contributed by atoms with E-state index in [1.807, 2.05) is 12.1 Å². The summed E-state index contributed by atoms with van der Waals surface area (Å²) in [7, 11) is 3.10. The maximum atomic E-state index is 12.7. The number of nitrogens with zero attached hydrogens (tertiary/aromatic N) is 1. The van der Waals surface area contributed by atoms with Crippen molar-refractivity contribution in [3.05, 3.63) is 58.5 Å². The summed E-state index contributed by atoms with van der Waals surface area (Å²) >= 11 is 1.53. The van der Waals surface area contributed by atoms with E-state index in [1.54, 1.807) is 25.3 Å². The lowest BCUT2D eigenvalue weighted by atomic mass is 9.94. The second-order valence-electron chi connectivity index (χ2n) is 5.97. The van der Waals surface area contributed by atoms with Crippen LogP contribution >= 0.6 is 11.3 Å². The highest BCUT2D eigenvalue weighted by Gasteiger charge is 2.22. The summed E-state index contributed by atoms with van der Waals surface area (Å²) in [6.07, 6.45) is 1.95. The van der Waals surface area contributed by atoms with E-state index in [1.165, 1.54) is 28.9 Å². The maximum absolute atomic E-state index is 12.7. The van der Waals surface area contributed by atoms with Crippen LogP contribution in [0.3, 0.4) is 0 Å². The molecule has 2 aromatic carbocycles. The lowest BCUT2D eigenvalue weighted by Gasteiger charge is -2.13. The molecule has 1 aliphatic rings. The van der Waals surface area contributed by atoms with Gasteiger partial charge in [-0.25, -0.2) is 4.98 Å². The summed E-state index contributed by atoms with van der Waals surface area (Å²) < 4.78 is 10.5. The third kappa shape index (κ3) is 2.93. The molecule has 0 aliphatic heterocycles. The van der Waals surface area contributed by atoms with Crippen LogP contribution in [-0.4, -0.2) is 25.1 Å². The van der Waals surface area contributed by atoms with Crippen LogP contribution in [-0.2, 0) is 12.8 Å². The van der Waals surface area contributed by atoms with E-state index in [2.05, 4.69) is 22.4 Å². The van der Waals surface area contributed by atoms with Gasteiger partial charge < -0.3 is 9.47 Å². The number of nitrogens with one attached hydrogen (secondary N) is 1. The van der Waals surface area contributed by atoms with Crippen LogP contribution < -0.4 is 14.8 Å². The summed E-state index contributed by atoms with van der Waals surface area (Å²) in [6, 6.07) is 13.4. The molecule has 3 aromatic rings. The first kappa shape index (κ1) is 16.6. The minimum atomic E-state index is -0.264. The molecular formula is C20H18N2O3S. The number of anilines is 1. The first-order chi connectivity index (χ1) is 12.7. The minimum absolute atomic E-state index is 0.264. The Hall–Kier alpha value is -2.86. The van der Waals surface area contributed by atoms with Gasteiger partial charge >= 0.3 is 0 Å². The zero-order valence-corrected chi connectivity index (χ0v) is 15.4. The molecule has 1 N–H and O–H groups in total. The Balaban J connectivity index is 1.64. The summed E-state index contributed by atoms with van der Waals surface area (Å²) in [5, 5.41) is 3.50. The van der Waals surface area contributed by atoms with Crippen molar-refractivity contribution in [2.24, 2.45) is 0 Å². The van der Waals surface area contributed by atoms with E-state index >= 15 is 0 Å². The summed E-state index contributed by atoms with van der Waals surface area (Å²) in [4.78, 5) is 18.6. The topological polar surface area (TPSA) is 60.5 Å². The van der Waals surface area contributed by atoms with Crippen molar-refractivity contribution in [3.8, 4) is 22.8 Å². The molecule has 0 spiro atoms. The minimum Gasteiger partial charge on any atom is -0.497 e. The first-order valence-electron chi connectivity index (χ1n) is 8.31. The normalized spacial score (nSPS) is 12.1. The van der Waals surface area contributed by atoms with Crippen LogP contribution in [0.15, 0.2) is 42.5 Å². The van der Waals surface area contributed by atoms with Crippen molar-refractivity contribution in [2.75, 3.05) is 19.5 Å². The van der Waals surface area contributed by atoms with E-state index in [4.69, 9.17) is 9.47 Å². The third-order valence-electron chi connectivity index (χ3n) is 4.46. The van der Waals surface area contributed by atoms with Gasteiger partial charge in [-0.05, 0) is 36.6 Å². The van der Waals surface area contributed by atoms with Crippen LogP contribution in [0.25, 0.3) is 11.3 Å². The monoisotopic (exact) mass is 366 g/mol. The van der Waals surface area contributed by atoms with E-state index in [0.29, 0.717) is 22.2 Å². The Morgan fingerprint density at radius 2 is 1.96 bits per heavy atom. The molecule has 26 heavy (non-hydrogen) atoms. The maximum Gasteiger partial charge on any atom is 0.261 e. The Bertz CT molecular complexity index is 981. The molecule has 1 amide bonds. The number of hydrogen-bond donors (Lipinski definition) is 1. The van der Waals surface area contributed by atoms with Crippen LogP contribution in [0.5, 0.6) is 11.5 Å². The fourth-order valence-electron chi connectivity index (χ4n) is 3.16. The number of fused-ring (bicyclic) bond motifs is 3. The van der Waals surface area contributed by atoms with E-state index in [9.17, 15) is 4.79 Å². The number of benzene rings is 2. The summed E-state index contributed by atoms with van der Waals surface area (Å²) in [6.45, 7) is 0. The predicted octanol–water partition coefficient (Wildman–Crippen LogP) is 4.18. The molecule has 6 heteroatoms. The first-order valence-corrected chi connectivity index (χ1v) is 9.12. The molecule has 1 aromatic heterocycles. The van der Waals surface area contributed by atoms with Gasteiger partial charge in [0.15, 0.2) is 5.13 Å². The zero-order valence-electron chi connectivity index (χ0n) is 14.5. The largest absolute Gasteiger partial charge is 0.497 e. The Morgan fingerprint density at radius 1 is 1.12 bits per heavy atom. The average molecular weight is 366 g/mol. The van der Waals surface area contributed by atoms with E-state index in [0.717, 1.165) is 24.1 Å². The van der Waals surface area contributed by atoms with Gasteiger partial charge in [0.25, 0.3) is 5.91 Å². The second-order valence-corrected chi connectivity index (χ2v) is 7.05. The van der Waals surface area contributed by atoms with Gasteiger partial charge in [0.2, 0.25) is 0 Å². The molecule has 1 heterocycles. The van der Waals surface area contributed by atoms with Gasteiger partial charge in [-0.2, -0.15) is 0 Å². The molecular weight excluding hydrogens is 348 g/mol. The molecule has 0 radical (unpaired) electrons. The van der Waals surface area contributed by atoms with Gasteiger partial charge in [-0.15, -0.1) is 11.3 Å². The Kier molecular flexibility index (Phi) is 4.34. The fourth-order valence-corrected chi connectivity index (χ4v) is 4.13. The molecule has 132 valence electrons. The molecule has 0 unspecified atom stereocenters. The SMILES string of the molecule is COc1ccc(OC)c(C(=O)Nc2nc3c(s2)CCc2ccccc2-3)c1. The van der Waals surface area contributed by atoms with Gasteiger partial charge in [-0.3, -0.25) is 10.1 Å². The number of aryl methyl sites for hydroxylation is 2. The predicted molar refractivity (Wildman–Crippen MR) is 102 cm³/mol. The molecule has 0 bridgehead atoms. The van der Waals surface area contributed by atoms with Gasteiger partial charge in [0.1, 0.15) is 11.5 Å². The molecule has 5 nitrogen and oxygen atoms in total. The third-order valence-corrected chi connectivity index (χ3v) is 5.49. The van der Waals surface area contributed by atoms with E-state index in [-0.39, 0.29) is 5.91 Å². The Labute approximate surface area is 155 Å². The van der Waals surface area contributed by atoms with Crippen molar-refractivity contribution >= 4 is 22.4 Å². The highest BCUT2D eigenvalue weighted by Crippen LogP contribution is 2.38. The number of carbonyl (C=O) groups excluding carboxylic acids is 1. The smallest absolute Gasteiger partial charge is 0.261 e. The molecule has 0 saturated heterocycles. The van der Waals surface area contributed by atoms with Crippen molar-refractivity contribution < 1.29 is 14.3 Å². The average Bonchev–Trinajstić information content (AvgIpc) is 3.10. The summed E-state index contributed by atoms with van der Waals surface area (Å²) in [5.74, 6) is 0.832. The van der Waals surface area contributed by atoms with Gasteiger partial charge in [-0.1, -0.05) is 24.3 Å². The number of hydrogen-bond acceptors (Lipinski definition) is 5. The van der Waals surface area contributed by atoms with Crippen molar-refractivity contribution in [1.29, 1.82) is 0 Å². The summed E-state index contributed by atoms with van der Waals surface area (Å²) in [5.41, 5.74) is 3.85. The quantitative estimate of drug-likeness (QED) is 0.752. The van der Waals surface area contributed by atoms with Gasteiger partial charge in [0.05, 0.1) is 25.5 Å². The number of aromatic nitrogens is 1. The van der Waals surface area contributed by atoms with Crippen molar-refractivity contribution in [1.82, 2.24) is 4.98 Å². The zero-order chi connectivity index (χ0) is 18.1. The highest BCUT2D eigenvalue weighted by atomic mass is 32.1. The standard InChI is InChI=1S/C20H18N2O3S/c1-24-13-8-9-16(25-2)15(11-13)19(23)22-20-21-18-14-6-4-3-5-12(14)7-10-17(18)26-20/h3-6,8-9,11H,7,10H2,1-2H3,(H,21,22,23). The lowest BCUT2D eigenvalue weighted by molar-refractivity contribution is 0.102. The number of ether oxygens (including phenoxy) is 2. The second kappa shape index (κ2) is 6.80. The highest BCUT2D eigenvalue weighted by molar-refractivity contribution is 7.16. The van der Waals surface area contributed by atoms with Crippen LogP contribution in [0.2, 0.25) is 0 Å². The van der Waals surface area contributed by atoms with Crippen LogP contribution in [0, 0.1) is 0 Å². The number of amides is 1. The van der Waals surface area contributed by atoms with Crippen LogP contribution in [0.4, 0.5) is 5.13 Å².